The second-order valence-corrected chi connectivity index (χ2v) is 6.22. The topological polar surface area (TPSA) is 71.2 Å². The molecule has 144 valence electrons. The van der Waals surface area contributed by atoms with E-state index in [0.29, 0.717) is 5.69 Å². The quantitative estimate of drug-likeness (QED) is 0.653. The van der Waals surface area contributed by atoms with Crippen molar-refractivity contribution in [2.24, 2.45) is 7.05 Å². The molecule has 0 aliphatic carbocycles. The van der Waals surface area contributed by atoms with Gasteiger partial charge in [-0.1, -0.05) is 13.8 Å². The van der Waals surface area contributed by atoms with Gasteiger partial charge in [0.15, 0.2) is 0 Å². The second kappa shape index (κ2) is 8.35. The Kier molecular flexibility index (Phi) is 5.91. The van der Waals surface area contributed by atoms with Crippen LogP contribution in [0, 0.1) is 0 Å². The van der Waals surface area contributed by atoms with Crippen molar-refractivity contribution in [1.82, 2.24) is 19.3 Å². The Hall–Kier alpha value is -2.67. The number of carbonyl (C=O) groups excluding carboxylic acids is 1. The molecule has 7 heteroatoms. The van der Waals surface area contributed by atoms with E-state index in [2.05, 4.69) is 5.10 Å². The van der Waals surface area contributed by atoms with Gasteiger partial charge in [0, 0.05) is 30.8 Å². The Morgan fingerprint density at radius 2 is 2.11 bits per heavy atom. The molecule has 27 heavy (non-hydrogen) atoms. The highest BCUT2D eigenvalue weighted by molar-refractivity contribution is 5.94. The zero-order chi connectivity index (χ0) is 19.4. The van der Waals surface area contributed by atoms with Crippen molar-refractivity contribution in [3.63, 3.8) is 0 Å². The summed E-state index contributed by atoms with van der Waals surface area (Å²) in [5.74, 6) is -0.371. The summed E-state index contributed by atoms with van der Waals surface area (Å²) in [7, 11) is 3.19. The molecule has 1 aliphatic rings. The number of aromatic nitrogens is 4. The number of esters is 1. The summed E-state index contributed by atoms with van der Waals surface area (Å²) in [5, 5.41) is 5.33. The van der Waals surface area contributed by atoms with Gasteiger partial charge in [-0.2, -0.15) is 5.10 Å². The van der Waals surface area contributed by atoms with Crippen LogP contribution >= 0.6 is 0 Å². The lowest BCUT2D eigenvalue weighted by Crippen LogP contribution is -2.18. The van der Waals surface area contributed by atoms with E-state index < -0.39 is 0 Å². The fourth-order valence-corrected chi connectivity index (χ4v) is 3.22. The van der Waals surface area contributed by atoms with Crippen LogP contribution in [0.1, 0.15) is 49.8 Å². The number of nitrogens with zero attached hydrogens (tertiary/aromatic N) is 4. The molecule has 0 spiro atoms. The van der Waals surface area contributed by atoms with Crippen molar-refractivity contribution < 1.29 is 14.3 Å². The normalized spacial score (nSPS) is 16.7. The Morgan fingerprint density at radius 1 is 1.30 bits per heavy atom. The molecule has 0 bridgehead atoms. The third-order valence-electron chi connectivity index (χ3n) is 4.62. The lowest BCUT2D eigenvalue weighted by molar-refractivity contribution is -0.0394. The molecule has 1 fully saturated rings. The zero-order valence-electron chi connectivity index (χ0n) is 16.3. The first-order valence-electron chi connectivity index (χ1n) is 9.38. The molecule has 7 nitrogen and oxygen atoms in total. The van der Waals surface area contributed by atoms with Crippen LogP contribution in [0.2, 0.25) is 0 Å². The molecule has 3 aromatic rings. The molecule has 1 saturated heterocycles. The molecular weight excluding hydrogens is 344 g/mol. The van der Waals surface area contributed by atoms with E-state index in [4.69, 9.17) is 14.5 Å². The van der Waals surface area contributed by atoms with E-state index >= 15 is 0 Å². The van der Waals surface area contributed by atoms with Crippen LogP contribution in [0.5, 0.6) is 0 Å². The van der Waals surface area contributed by atoms with Gasteiger partial charge in [-0.05, 0) is 37.5 Å². The van der Waals surface area contributed by atoms with Gasteiger partial charge in [0.05, 0.1) is 19.0 Å². The van der Waals surface area contributed by atoms with Gasteiger partial charge in [-0.15, -0.1) is 0 Å². The van der Waals surface area contributed by atoms with Crippen LogP contribution in [-0.2, 0) is 16.5 Å². The molecule has 1 unspecified atom stereocenters. The minimum absolute atomic E-state index is 0.00666. The number of fused-ring (bicyclic) bond motifs is 1. The predicted octanol–water partition coefficient (Wildman–Crippen LogP) is 3.95. The van der Waals surface area contributed by atoms with Crippen molar-refractivity contribution in [2.45, 2.75) is 39.3 Å². The summed E-state index contributed by atoms with van der Waals surface area (Å²) in [4.78, 5) is 16.5. The fourth-order valence-electron chi connectivity index (χ4n) is 3.22. The summed E-state index contributed by atoms with van der Waals surface area (Å²) >= 11 is 0. The van der Waals surface area contributed by atoms with Gasteiger partial charge in [0.2, 0.25) is 0 Å². The molecule has 4 rings (SSSR count). The summed E-state index contributed by atoms with van der Waals surface area (Å²) < 4.78 is 14.2. The molecule has 1 aliphatic heterocycles. The van der Waals surface area contributed by atoms with E-state index in [0.717, 1.165) is 48.2 Å². The maximum Gasteiger partial charge on any atom is 0.354 e. The third-order valence-corrected chi connectivity index (χ3v) is 4.62. The van der Waals surface area contributed by atoms with Crippen LogP contribution < -0.4 is 0 Å². The van der Waals surface area contributed by atoms with E-state index in [1.54, 1.807) is 16.8 Å². The molecule has 4 heterocycles. The van der Waals surface area contributed by atoms with Gasteiger partial charge in [0.1, 0.15) is 17.6 Å². The maximum atomic E-state index is 11.8. The number of ether oxygens (including phenoxy) is 2. The first-order valence-corrected chi connectivity index (χ1v) is 9.38. The highest BCUT2D eigenvalue weighted by atomic mass is 16.5. The highest BCUT2D eigenvalue weighted by Gasteiger charge is 2.18. The van der Waals surface area contributed by atoms with Crippen molar-refractivity contribution in [1.29, 1.82) is 0 Å². The Labute approximate surface area is 158 Å². The minimum Gasteiger partial charge on any atom is -0.464 e. The maximum absolute atomic E-state index is 11.8. The summed E-state index contributed by atoms with van der Waals surface area (Å²) in [6, 6.07) is 5.68. The zero-order valence-corrected chi connectivity index (χ0v) is 16.3. The van der Waals surface area contributed by atoms with E-state index in [-0.39, 0.29) is 12.2 Å². The van der Waals surface area contributed by atoms with Gasteiger partial charge >= 0.3 is 5.97 Å². The summed E-state index contributed by atoms with van der Waals surface area (Å²) in [5.41, 5.74) is 2.96. The van der Waals surface area contributed by atoms with Gasteiger partial charge in [-0.3, -0.25) is 0 Å². The average molecular weight is 370 g/mol. The Bertz CT molecular complexity index is 923. The largest absolute Gasteiger partial charge is 0.464 e. The van der Waals surface area contributed by atoms with E-state index in [1.165, 1.54) is 7.11 Å². The number of carbonyl (C=O) groups is 1. The van der Waals surface area contributed by atoms with Crippen LogP contribution in [-0.4, -0.2) is 39.0 Å². The number of rotatable bonds is 3. The van der Waals surface area contributed by atoms with Gasteiger partial charge in [-0.25, -0.2) is 14.5 Å². The number of hydrogen-bond acceptors (Lipinski definition) is 5. The summed E-state index contributed by atoms with van der Waals surface area (Å²) in [6.07, 6.45) is 7.02. The standard InChI is InChI=1S/C18H20N4O3.C2H6/c1-21-15(18(23)24-2)9-12-6-7-14(20-17(12)21)13-10-19-22(11-13)16-5-3-4-8-25-16;1-2/h6-7,9-11,16H,3-5,8H2,1-2H3;1-2H3. The molecule has 0 saturated carbocycles. The fraction of sp³-hybridized carbons (Fsp3) is 0.450. The van der Waals surface area contributed by atoms with Crippen molar-refractivity contribution in [3.8, 4) is 11.3 Å². The molecule has 0 N–H and O–H groups in total. The molecule has 0 aromatic carbocycles. The lowest BCUT2D eigenvalue weighted by Gasteiger charge is -2.22. The number of methoxy groups -OCH3 is 1. The van der Waals surface area contributed by atoms with Crippen LogP contribution in [0.3, 0.4) is 0 Å². The molecule has 3 aromatic heterocycles. The molecule has 1 atom stereocenters. The molecule has 0 amide bonds. The first kappa shape index (κ1) is 19.1. The van der Waals surface area contributed by atoms with Gasteiger partial charge < -0.3 is 14.0 Å². The number of hydrogen-bond donors (Lipinski definition) is 0. The van der Waals surface area contributed by atoms with Crippen LogP contribution in [0.15, 0.2) is 30.6 Å². The van der Waals surface area contributed by atoms with Crippen molar-refractivity contribution in [2.75, 3.05) is 13.7 Å². The van der Waals surface area contributed by atoms with E-state index in [9.17, 15) is 4.79 Å². The predicted molar refractivity (Wildman–Crippen MR) is 103 cm³/mol. The second-order valence-electron chi connectivity index (χ2n) is 6.22. The number of aryl methyl sites for hydroxylation is 1. The van der Waals surface area contributed by atoms with Crippen molar-refractivity contribution in [3.05, 3.63) is 36.3 Å². The average Bonchev–Trinajstić information content (AvgIpc) is 3.35. The number of pyridine rings is 1. The lowest BCUT2D eigenvalue weighted by atomic mass is 10.2. The van der Waals surface area contributed by atoms with Crippen LogP contribution in [0.25, 0.3) is 22.3 Å². The highest BCUT2D eigenvalue weighted by Crippen LogP contribution is 2.26. The van der Waals surface area contributed by atoms with Crippen molar-refractivity contribution >= 4 is 17.0 Å². The minimum atomic E-state index is -0.371. The SMILES string of the molecule is CC.COC(=O)c1cc2ccc(-c3cnn(C4CCCCO4)c3)nc2n1C. The molecular formula is C20H26N4O3. The first-order chi connectivity index (χ1) is 13.2. The molecule has 0 radical (unpaired) electrons. The monoisotopic (exact) mass is 370 g/mol. The Morgan fingerprint density at radius 3 is 2.81 bits per heavy atom. The van der Waals surface area contributed by atoms with Crippen LogP contribution in [0.4, 0.5) is 0 Å². The summed E-state index contributed by atoms with van der Waals surface area (Å²) in [6.45, 7) is 4.78. The van der Waals surface area contributed by atoms with Gasteiger partial charge in [0.25, 0.3) is 0 Å². The smallest absolute Gasteiger partial charge is 0.354 e. The Balaban J connectivity index is 0.00000102. The third kappa shape index (κ3) is 3.73. The van der Waals surface area contributed by atoms with E-state index in [1.807, 2.05) is 43.9 Å².